The Balaban J connectivity index is 1.52. The lowest BCUT2D eigenvalue weighted by Crippen LogP contribution is -2.49. The first-order chi connectivity index (χ1) is 12.9. The van der Waals surface area contributed by atoms with Crippen LogP contribution in [0.15, 0.2) is 53.0 Å². The molecule has 7 nitrogen and oxygen atoms in total. The molecule has 1 unspecified atom stereocenters. The second-order valence-electron chi connectivity index (χ2n) is 6.10. The summed E-state index contributed by atoms with van der Waals surface area (Å²) < 4.78 is 6.24. The van der Waals surface area contributed by atoms with Gasteiger partial charge in [0.1, 0.15) is 11.8 Å². The lowest BCUT2D eigenvalue weighted by atomic mass is 10.2. The molecule has 1 saturated heterocycles. The highest BCUT2D eigenvalue weighted by Crippen LogP contribution is 2.24. The standard InChI is InChI=1S/C19H18BrN3O4/c1-12-3-2-4-15(9-12)27-11-17(24)22-21-16-10-18(25)23(19(16)26)14-7-5-13(20)6-8-14/h2-9,16,21H,10-11H2,1H3,(H,22,24). The number of nitrogens with one attached hydrogen (secondary N) is 2. The lowest BCUT2D eigenvalue weighted by molar-refractivity contribution is -0.125. The van der Waals surface area contributed by atoms with Crippen LogP contribution >= 0.6 is 15.9 Å². The molecule has 3 rings (SSSR count). The second-order valence-corrected chi connectivity index (χ2v) is 7.01. The summed E-state index contributed by atoms with van der Waals surface area (Å²) in [6.45, 7) is 1.72. The molecule has 0 aromatic heterocycles. The minimum Gasteiger partial charge on any atom is -0.484 e. The fourth-order valence-electron chi connectivity index (χ4n) is 2.66. The fourth-order valence-corrected chi connectivity index (χ4v) is 2.93. The third kappa shape index (κ3) is 4.72. The van der Waals surface area contributed by atoms with Crippen molar-refractivity contribution in [3.8, 4) is 5.75 Å². The lowest BCUT2D eigenvalue weighted by Gasteiger charge is -2.16. The summed E-state index contributed by atoms with van der Waals surface area (Å²) in [7, 11) is 0. The minimum atomic E-state index is -0.816. The van der Waals surface area contributed by atoms with Gasteiger partial charge in [0.05, 0.1) is 12.1 Å². The maximum atomic E-state index is 12.5. The van der Waals surface area contributed by atoms with Gasteiger partial charge in [-0.2, -0.15) is 0 Å². The summed E-state index contributed by atoms with van der Waals surface area (Å²) in [5.41, 5.74) is 6.55. The van der Waals surface area contributed by atoms with Crippen molar-refractivity contribution < 1.29 is 19.1 Å². The third-order valence-corrected chi connectivity index (χ3v) is 4.51. The molecule has 1 fully saturated rings. The van der Waals surface area contributed by atoms with Crippen molar-refractivity contribution in [3.05, 3.63) is 58.6 Å². The predicted molar refractivity (Wildman–Crippen MR) is 103 cm³/mol. The van der Waals surface area contributed by atoms with Crippen molar-refractivity contribution in [2.75, 3.05) is 11.5 Å². The van der Waals surface area contributed by atoms with Gasteiger partial charge in [-0.05, 0) is 48.9 Å². The summed E-state index contributed by atoms with van der Waals surface area (Å²) in [6, 6.07) is 13.4. The first kappa shape index (κ1) is 19.1. The summed E-state index contributed by atoms with van der Waals surface area (Å²) in [4.78, 5) is 37.7. The molecule has 2 aromatic rings. The minimum absolute atomic E-state index is 0.0338. The number of carbonyl (C=O) groups is 3. The Bertz CT molecular complexity index is 870. The molecule has 27 heavy (non-hydrogen) atoms. The molecule has 3 amide bonds. The van der Waals surface area contributed by atoms with Crippen LogP contribution < -0.4 is 20.5 Å². The van der Waals surface area contributed by atoms with E-state index in [-0.39, 0.29) is 18.9 Å². The van der Waals surface area contributed by atoms with Crippen LogP contribution in [0.1, 0.15) is 12.0 Å². The number of rotatable bonds is 6. The summed E-state index contributed by atoms with van der Waals surface area (Å²) in [5.74, 6) is -0.607. The number of ether oxygens (including phenoxy) is 1. The van der Waals surface area contributed by atoms with E-state index in [9.17, 15) is 14.4 Å². The SMILES string of the molecule is Cc1cccc(OCC(=O)NNC2CC(=O)N(c3ccc(Br)cc3)C2=O)c1. The van der Waals surface area contributed by atoms with Crippen LogP contribution in [0.4, 0.5) is 5.69 Å². The Hall–Kier alpha value is -2.71. The van der Waals surface area contributed by atoms with Crippen LogP contribution in [0, 0.1) is 6.92 Å². The molecule has 0 aliphatic carbocycles. The number of imide groups is 1. The molecule has 2 aromatic carbocycles. The number of amides is 3. The monoisotopic (exact) mass is 431 g/mol. The number of carbonyl (C=O) groups excluding carboxylic acids is 3. The van der Waals surface area contributed by atoms with Crippen LogP contribution in [-0.2, 0) is 14.4 Å². The van der Waals surface area contributed by atoms with E-state index < -0.39 is 17.9 Å². The van der Waals surface area contributed by atoms with E-state index in [1.54, 1.807) is 30.3 Å². The van der Waals surface area contributed by atoms with Crippen LogP contribution in [-0.4, -0.2) is 30.4 Å². The molecule has 1 aliphatic rings. The summed E-state index contributed by atoms with van der Waals surface area (Å²) >= 11 is 3.31. The number of hydrazine groups is 1. The van der Waals surface area contributed by atoms with Gasteiger partial charge in [-0.3, -0.25) is 19.8 Å². The molecular weight excluding hydrogens is 414 g/mol. The van der Waals surface area contributed by atoms with E-state index in [0.29, 0.717) is 11.4 Å². The zero-order chi connectivity index (χ0) is 19.4. The molecule has 1 atom stereocenters. The van der Waals surface area contributed by atoms with E-state index in [0.717, 1.165) is 14.9 Å². The third-order valence-electron chi connectivity index (χ3n) is 3.98. The highest BCUT2D eigenvalue weighted by atomic mass is 79.9. The number of anilines is 1. The van der Waals surface area contributed by atoms with E-state index in [1.807, 2.05) is 25.1 Å². The Morgan fingerprint density at radius 2 is 1.96 bits per heavy atom. The molecule has 0 radical (unpaired) electrons. The number of hydrogen-bond donors (Lipinski definition) is 2. The summed E-state index contributed by atoms with van der Waals surface area (Å²) in [5, 5.41) is 0. The van der Waals surface area contributed by atoms with Crippen molar-refractivity contribution in [1.82, 2.24) is 10.9 Å². The van der Waals surface area contributed by atoms with Crippen molar-refractivity contribution in [2.24, 2.45) is 0 Å². The summed E-state index contributed by atoms with van der Waals surface area (Å²) in [6.07, 6.45) is -0.0338. The van der Waals surface area contributed by atoms with E-state index >= 15 is 0 Å². The fraction of sp³-hybridized carbons (Fsp3) is 0.211. The van der Waals surface area contributed by atoms with Gasteiger partial charge >= 0.3 is 0 Å². The molecule has 140 valence electrons. The first-order valence-corrected chi connectivity index (χ1v) is 9.09. The second kappa shape index (κ2) is 8.32. The normalized spacial score (nSPS) is 16.5. The van der Waals surface area contributed by atoms with Gasteiger partial charge in [-0.15, -0.1) is 0 Å². The van der Waals surface area contributed by atoms with E-state index in [1.165, 1.54) is 0 Å². The largest absolute Gasteiger partial charge is 0.484 e. The highest BCUT2D eigenvalue weighted by molar-refractivity contribution is 9.10. The van der Waals surface area contributed by atoms with Crippen molar-refractivity contribution in [1.29, 1.82) is 0 Å². The van der Waals surface area contributed by atoms with Crippen LogP contribution in [0.25, 0.3) is 0 Å². The Labute approximate surface area is 164 Å². The first-order valence-electron chi connectivity index (χ1n) is 8.30. The van der Waals surface area contributed by atoms with Gasteiger partial charge in [0.2, 0.25) is 5.91 Å². The predicted octanol–water partition coefficient (Wildman–Crippen LogP) is 2.09. The molecule has 2 N–H and O–H groups in total. The van der Waals surface area contributed by atoms with Crippen molar-refractivity contribution >= 4 is 39.3 Å². The van der Waals surface area contributed by atoms with Crippen LogP contribution in [0.3, 0.4) is 0 Å². The van der Waals surface area contributed by atoms with Crippen molar-refractivity contribution in [3.63, 3.8) is 0 Å². The maximum absolute atomic E-state index is 12.5. The average Bonchev–Trinajstić information content (AvgIpc) is 2.93. The molecule has 0 saturated carbocycles. The Morgan fingerprint density at radius 3 is 2.67 bits per heavy atom. The molecule has 0 bridgehead atoms. The number of halogens is 1. The van der Waals surface area contributed by atoms with Crippen LogP contribution in [0.5, 0.6) is 5.75 Å². The molecule has 1 aliphatic heterocycles. The van der Waals surface area contributed by atoms with E-state index in [4.69, 9.17) is 4.74 Å². The smallest absolute Gasteiger partial charge is 0.272 e. The highest BCUT2D eigenvalue weighted by Gasteiger charge is 2.39. The topological polar surface area (TPSA) is 87.7 Å². The number of nitrogens with zero attached hydrogens (tertiary/aromatic N) is 1. The molecule has 0 spiro atoms. The molecule has 1 heterocycles. The average molecular weight is 432 g/mol. The van der Waals surface area contributed by atoms with Crippen molar-refractivity contribution in [2.45, 2.75) is 19.4 Å². The van der Waals surface area contributed by atoms with Gasteiger partial charge in [-0.25, -0.2) is 10.3 Å². The number of aryl methyl sites for hydroxylation is 1. The van der Waals surface area contributed by atoms with Gasteiger partial charge in [0, 0.05) is 4.47 Å². The zero-order valence-electron chi connectivity index (χ0n) is 14.6. The van der Waals surface area contributed by atoms with Gasteiger partial charge in [-0.1, -0.05) is 28.1 Å². The Morgan fingerprint density at radius 1 is 1.22 bits per heavy atom. The molecule has 8 heteroatoms. The van der Waals surface area contributed by atoms with Gasteiger partial charge in [0.15, 0.2) is 6.61 Å². The maximum Gasteiger partial charge on any atom is 0.272 e. The van der Waals surface area contributed by atoms with Gasteiger partial charge in [0.25, 0.3) is 11.8 Å². The van der Waals surface area contributed by atoms with Gasteiger partial charge < -0.3 is 4.74 Å². The quantitative estimate of drug-likeness (QED) is 0.539. The van der Waals surface area contributed by atoms with Crippen LogP contribution in [0.2, 0.25) is 0 Å². The number of hydrogen-bond acceptors (Lipinski definition) is 5. The molecular formula is C19H18BrN3O4. The zero-order valence-corrected chi connectivity index (χ0v) is 16.2. The Kier molecular flexibility index (Phi) is 5.88. The van der Waals surface area contributed by atoms with E-state index in [2.05, 4.69) is 26.8 Å². The number of benzene rings is 2.